The number of hydrogen-bond acceptors (Lipinski definition) is 4. The minimum atomic E-state index is -3.90. The lowest BCUT2D eigenvalue weighted by Crippen LogP contribution is -2.54. The number of carbonyl (C=O) groups is 1. The van der Waals surface area contributed by atoms with Crippen LogP contribution >= 0.6 is 31.9 Å². The summed E-state index contributed by atoms with van der Waals surface area (Å²) in [5.74, 6) is -0.333. The van der Waals surface area contributed by atoms with Crippen LogP contribution in [0.4, 0.5) is 0 Å². The summed E-state index contributed by atoms with van der Waals surface area (Å²) >= 11 is 6.76. The zero-order valence-electron chi connectivity index (χ0n) is 16.8. The molecule has 6 nitrogen and oxygen atoms in total. The van der Waals surface area contributed by atoms with E-state index >= 15 is 0 Å². The molecule has 0 aliphatic carbocycles. The predicted octanol–water partition coefficient (Wildman–Crippen LogP) is 4.36. The lowest BCUT2D eigenvalue weighted by atomic mass is 9.90. The molecule has 2 aliphatic heterocycles. The molecular formula is C22H23Br2N3O3S. The van der Waals surface area contributed by atoms with Gasteiger partial charge in [-0.1, -0.05) is 44.0 Å². The summed E-state index contributed by atoms with van der Waals surface area (Å²) in [6.07, 6.45) is 5.49. The standard InChI is InChI=1S/C22H23Br2N3O3S/c1-2-15-13-26(14-18-6-3-4-9-25-18)22(28)21-8-5-7-20(15)27(21)31(29,30)19-11-16(23)10-17(24)12-19/h2-4,6,9-12,15,20-21H,1,5,7-8,13-14H2/t15-,20-,21?/m0/s1. The van der Waals surface area contributed by atoms with Gasteiger partial charge in [0.05, 0.1) is 17.1 Å². The van der Waals surface area contributed by atoms with Crippen LogP contribution in [0.25, 0.3) is 0 Å². The summed E-state index contributed by atoms with van der Waals surface area (Å²) in [7, 11) is -3.90. The summed E-state index contributed by atoms with van der Waals surface area (Å²) < 4.78 is 30.4. The normalized spacial score (nSPS) is 24.6. The smallest absolute Gasteiger partial charge is 0.244 e. The Kier molecular flexibility index (Phi) is 6.67. The summed E-state index contributed by atoms with van der Waals surface area (Å²) in [4.78, 5) is 19.8. The monoisotopic (exact) mass is 567 g/mol. The number of benzene rings is 1. The van der Waals surface area contributed by atoms with Crippen LogP contribution in [0.1, 0.15) is 25.0 Å². The number of hydrogen-bond donors (Lipinski definition) is 0. The molecule has 0 saturated carbocycles. The van der Waals surface area contributed by atoms with Crippen molar-refractivity contribution in [3.05, 3.63) is 69.9 Å². The third-order valence-electron chi connectivity index (χ3n) is 5.93. The van der Waals surface area contributed by atoms with Crippen molar-refractivity contribution in [2.24, 2.45) is 5.92 Å². The lowest BCUT2D eigenvalue weighted by molar-refractivity contribution is -0.135. The van der Waals surface area contributed by atoms with Crippen LogP contribution in [0.3, 0.4) is 0 Å². The maximum Gasteiger partial charge on any atom is 0.244 e. The van der Waals surface area contributed by atoms with E-state index in [1.165, 1.54) is 4.31 Å². The van der Waals surface area contributed by atoms with Gasteiger partial charge in [0.25, 0.3) is 0 Å². The van der Waals surface area contributed by atoms with Gasteiger partial charge in [0.1, 0.15) is 6.04 Å². The molecule has 0 radical (unpaired) electrons. The Labute approximate surface area is 199 Å². The average molecular weight is 569 g/mol. The van der Waals surface area contributed by atoms with Crippen molar-refractivity contribution < 1.29 is 13.2 Å². The number of pyridine rings is 1. The van der Waals surface area contributed by atoms with Gasteiger partial charge in [0, 0.05) is 33.6 Å². The fourth-order valence-corrected chi connectivity index (χ4v) is 8.06. The van der Waals surface area contributed by atoms with E-state index in [1.54, 1.807) is 35.4 Å². The molecule has 2 fully saturated rings. The van der Waals surface area contributed by atoms with Crippen molar-refractivity contribution in [3.8, 4) is 0 Å². The molecule has 0 N–H and O–H groups in total. The van der Waals surface area contributed by atoms with Gasteiger partial charge in [-0.3, -0.25) is 9.78 Å². The Morgan fingerprint density at radius 2 is 1.90 bits per heavy atom. The molecule has 2 bridgehead atoms. The number of halogens is 2. The molecule has 2 aromatic rings. The quantitative estimate of drug-likeness (QED) is 0.502. The number of piperidine rings is 1. The van der Waals surface area contributed by atoms with Crippen LogP contribution in [-0.4, -0.2) is 47.1 Å². The first kappa shape index (κ1) is 22.6. The topological polar surface area (TPSA) is 70.6 Å². The minimum absolute atomic E-state index is 0.164. The predicted molar refractivity (Wildman–Crippen MR) is 126 cm³/mol. The molecule has 4 rings (SSSR count). The summed E-state index contributed by atoms with van der Waals surface area (Å²) in [6, 6.07) is 9.51. The molecule has 2 aliphatic rings. The van der Waals surface area contributed by atoms with Gasteiger partial charge in [-0.2, -0.15) is 4.31 Å². The van der Waals surface area contributed by atoms with Crippen molar-refractivity contribution >= 4 is 47.8 Å². The van der Waals surface area contributed by atoms with Crippen LogP contribution < -0.4 is 0 Å². The third kappa shape index (κ3) is 4.51. The van der Waals surface area contributed by atoms with Crippen LogP contribution in [0.2, 0.25) is 0 Å². The van der Waals surface area contributed by atoms with Gasteiger partial charge < -0.3 is 4.90 Å². The SMILES string of the molecule is C=C[C@H]1CN(Cc2ccccn2)C(=O)C2CCC[C@@H]1N2S(=O)(=O)c1cc(Br)cc(Br)c1. The molecule has 1 aromatic heterocycles. The lowest BCUT2D eigenvalue weighted by Gasteiger charge is -2.40. The van der Waals surface area contributed by atoms with Gasteiger partial charge in [-0.25, -0.2) is 8.42 Å². The molecule has 0 spiro atoms. The molecule has 1 unspecified atom stereocenters. The number of carbonyl (C=O) groups excluding carboxylic acids is 1. The second-order valence-electron chi connectivity index (χ2n) is 7.89. The first-order chi connectivity index (χ1) is 14.8. The number of aromatic nitrogens is 1. The van der Waals surface area contributed by atoms with E-state index in [0.29, 0.717) is 34.9 Å². The number of amides is 1. The Morgan fingerprint density at radius 3 is 2.55 bits per heavy atom. The number of rotatable bonds is 5. The highest BCUT2D eigenvalue weighted by molar-refractivity contribution is 9.11. The number of sulfonamides is 1. The van der Waals surface area contributed by atoms with Crippen molar-refractivity contribution in [2.45, 2.75) is 42.8 Å². The fourth-order valence-electron chi connectivity index (χ4n) is 4.52. The van der Waals surface area contributed by atoms with E-state index < -0.39 is 16.1 Å². The Hall–Kier alpha value is -1.55. The summed E-state index contributed by atoms with van der Waals surface area (Å²) in [5, 5.41) is 0. The molecule has 3 atom stereocenters. The van der Waals surface area contributed by atoms with Crippen LogP contribution in [0, 0.1) is 5.92 Å². The maximum atomic E-state index is 13.8. The third-order valence-corrected chi connectivity index (χ3v) is 8.75. The summed E-state index contributed by atoms with van der Waals surface area (Å²) in [5.41, 5.74) is 0.778. The Bertz CT molecular complexity index is 1070. The first-order valence-corrected chi connectivity index (χ1v) is 13.1. The molecule has 3 heterocycles. The largest absolute Gasteiger partial charge is 0.335 e. The zero-order chi connectivity index (χ0) is 22.2. The first-order valence-electron chi connectivity index (χ1n) is 10.1. The van der Waals surface area contributed by atoms with Crippen molar-refractivity contribution in [2.75, 3.05) is 6.54 Å². The molecule has 9 heteroatoms. The van der Waals surface area contributed by atoms with Gasteiger partial charge in [-0.15, -0.1) is 6.58 Å². The highest BCUT2D eigenvalue weighted by Crippen LogP contribution is 2.38. The van der Waals surface area contributed by atoms with Crippen molar-refractivity contribution in [3.63, 3.8) is 0 Å². The summed E-state index contributed by atoms with van der Waals surface area (Å²) in [6.45, 7) is 4.74. The van der Waals surface area contributed by atoms with Crippen LogP contribution in [0.5, 0.6) is 0 Å². The molecular weight excluding hydrogens is 546 g/mol. The highest BCUT2D eigenvalue weighted by Gasteiger charge is 2.49. The average Bonchev–Trinajstić information content (AvgIpc) is 2.81. The highest BCUT2D eigenvalue weighted by atomic mass is 79.9. The molecule has 164 valence electrons. The van der Waals surface area contributed by atoms with E-state index in [1.807, 2.05) is 18.2 Å². The van der Waals surface area contributed by atoms with Gasteiger partial charge in [0.15, 0.2) is 0 Å². The van der Waals surface area contributed by atoms with E-state index in [0.717, 1.165) is 12.1 Å². The van der Waals surface area contributed by atoms with Crippen LogP contribution in [0.15, 0.2) is 69.1 Å². The fraction of sp³-hybridized carbons (Fsp3) is 0.364. The minimum Gasteiger partial charge on any atom is -0.335 e. The Balaban J connectivity index is 1.76. The van der Waals surface area contributed by atoms with Crippen molar-refractivity contribution in [1.29, 1.82) is 0 Å². The number of nitrogens with zero attached hydrogens (tertiary/aromatic N) is 3. The number of fused-ring (bicyclic) bond motifs is 2. The van der Waals surface area contributed by atoms with Crippen molar-refractivity contribution in [1.82, 2.24) is 14.2 Å². The van der Waals surface area contributed by atoms with Gasteiger partial charge >= 0.3 is 0 Å². The van der Waals surface area contributed by atoms with Crippen LogP contribution in [-0.2, 0) is 21.4 Å². The molecule has 2 saturated heterocycles. The second-order valence-corrected chi connectivity index (χ2v) is 11.6. The molecule has 1 aromatic carbocycles. The van der Waals surface area contributed by atoms with Gasteiger partial charge in [-0.05, 0) is 49.6 Å². The van der Waals surface area contributed by atoms with E-state index in [9.17, 15) is 13.2 Å². The second kappa shape index (κ2) is 9.13. The van der Waals surface area contributed by atoms with E-state index in [2.05, 4.69) is 43.4 Å². The molecule has 31 heavy (non-hydrogen) atoms. The maximum absolute atomic E-state index is 13.8. The van der Waals surface area contributed by atoms with E-state index in [4.69, 9.17) is 0 Å². The van der Waals surface area contributed by atoms with Gasteiger partial charge in [0.2, 0.25) is 15.9 Å². The Morgan fingerprint density at radius 1 is 1.16 bits per heavy atom. The van der Waals surface area contributed by atoms with E-state index in [-0.39, 0.29) is 22.8 Å². The molecule has 1 amide bonds. The zero-order valence-corrected chi connectivity index (χ0v) is 20.8.